The fraction of sp³-hybridized carbons (Fsp3) is 0.143. The standard InChI is InChI=1S/C21H20N4O3/c1-25(13-15-6-4-3-5-7-15)19-12-18(22-14-23-19)20(26)24-17-10-8-16(9-11-17)21(27)28-2/h3-12,14H,13H2,1-2H3,(H,24,26). The third-order valence-corrected chi connectivity index (χ3v) is 4.10. The summed E-state index contributed by atoms with van der Waals surface area (Å²) in [5.74, 6) is -0.146. The summed E-state index contributed by atoms with van der Waals surface area (Å²) in [5.41, 5.74) is 2.35. The predicted octanol–water partition coefficient (Wildman–Crippen LogP) is 3.15. The second-order valence-corrected chi connectivity index (χ2v) is 6.13. The number of ether oxygens (including phenoxy) is 1. The Kier molecular flexibility index (Phi) is 5.96. The second-order valence-electron chi connectivity index (χ2n) is 6.13. The number of carbonyl (C=O) groups excluding carboxylic acids is 2. The summed E-state index contributed by atoms with van der Waals surface area (Å²) in [6.07, 6.45) is 1.37. The van der Waals surface area contributed by atoms with Gasteiger partial charge in [0.05, 0.1) is 12.7 Å². The average molecular weight is 376 g/mol. The SMILES string of the molecule is COC(=O)c1ccc(NC(=O)c2cc(N(C)Cc3ccccc3)ncn2)cc1. The van der Waals surface area contributed by atoms with Crippen LogP contribution in [0.2, 0.25) is 0 Å². The molecular formula is C21H20N4O3. The number of methoxy groups -OCH3 is 1. The molecule has 28 heavy (non-hydrogen) atoms. The first-order chi connectivity index (χ1) is 13.6. The van der Waals surface area contributed by atoms with Gasteiger partial charge in [-0.15, -0.1) is 0 Å². The maximum Gasteiger partial charge on any atom is 0.337 e. The molecule has 0 aliphatic carbocycles. The molecule has 0 spiro atoms. The predicted molar refractivity (Wildman–Crippen MR) is 106 cm³/mol. The fourth-order valence-electron chi connectivity index (χ4n) is 2.62. The van der Waals surface area contributed by atoms with Gasteiger partial charge in [-0.25, -0.2) is 14.8 Å². The van der Waals surface area contributed by atoms with E-state index in [1.165, 1.54) is 13.4 Å². The van der Waals surface area contributed by atoms with Gasteiger partial charge < -0.3 is 15.0 Å². The molecule has 0 aliphatic rings. The fourth-order valence-corrected chi connectivity index (χ4v) is 2.62. The van der Waals surface area contributed by atoms with E-state index >= 15 is 0 Å². The smallest absolute Gasteiger partial charge is 0.337 e. The lowest BCUT2D eigenvalue weighted by Gasteiger charge is -2.18. The molecule has 3 aromatic rings. The number of rotatable bonds is 6. The number of hydrogen-bond donors (Lipinski definition) is 1. The van der Waals surface area contributed by atoms with Crippen LogP contribution in [0.1, 0.15) is 26.4 Å². The van der Waals surface area contributed by atoms with E-state index in [0.717, 1.165) is 5.56 Å². The van der Waals surface area contributed by atoms with Crippen molar-refractivity contribution < 1.29 is 14.3 Å². The lowest BCUT2D eigenvalue weighted by molar-refractivity contribution is 0.0600. The Morgan fingerprint density at radius 3 is 2.43 bits per heavy atom. The van der Waals surface area contributed by atoms with E-state index in [2.05, 4.69) is 20.0 Å². The lowest BCUT2D eigenvalue weighted by atomic mass is 10.2. The topological polar surface area (TPSA) is 84.4 Å². The summed E-state index contributed by atoms with van der Waals surface area (Å²) in [6.45, 7) is 0.661. The van der Waals surface area contributed by atoms with Crippen LogP contribution in [0.3, 0.4) is 0 Å². The molecule has 0 atom stereocenters. The monoisotopic (exact) mass is 376 g/mol. The molecule has 0 unspecified atom stereocenters. The number of amides is 1. The summed E-state index contributed by atoms with van der Waals surface area (Å²) in [7, 11) is 3.22. The highest BCUT2D eigenvalue weighted by molar-refractivity contribution is 6.03. The molecule has 3 rings (SSSR count). The molecule has 1 aromatic heterocycles. The molecule has 142 valence electrons. The third kappa shape index (κ3) is 4.70. The normalized spacial score (nSPS) is 10.2. The Hall–Kier alpha value is -3.74. The number of benzene rings is 2. The molecular weight excluding hydrogens is 356 g/mol. The Labute approximate surface area is 163 Å². The molecule has 7 nitrogen and oxygen atoms in total. The van der Waals surface area contributed by atoms with Crippen LogP contribution in [0.4, 0.5) is 11.5 Å². The van der Waals surface area contributed by atoms with E-state index in [4.69, 9.17) is 0 Å². The van der Waals surface area contributed by atoms with E-state index in [1.54, 1.807) is 30.3 Å². The van der Waals surface area contributed by atoms with Gasteiger partial charge >= 0.3 is 5.97 Å². The van der Waals surface area contributed by atoms with Crippen LogP contribution >= 0.6 is 0 Å². The van der Waals surface area contributed by atoms with Crippen molar-refractivity contribution in [3.8, 4) is 0 Å². The maximum absolute atomic E-state index is 12.5. The molecule has 0 bridgehead atoms. The number of aromatic nitrogens is 2. The number of carbonyl (C=O) groups is 2. The van der Waals surface area contributed by atoms with Crippen molar-refractivity contribution in [3.05, 3.63) is 83.8 Å². The third-order valence-electron chi connectivity index (χ3n) is 4.10. The van der Waals surface area contributed by atoms with Crippen molar-refractivity contribution in [2.24, 2.45) is 0 Å². The zero-order chi connectivity index (χ0) is 19.9. The van der Waals surface area contributed by atoms with Crippen molar-refractivity contribution >= 4 is 23.4 Å². The highest BCUT2D eigenvalue weighted by Gasteiger charge is 2.12. The van der Waals surface area contributed by atoms with E-state index in [0.29, 0.717) is 23.6 Å². The van der Waals surface area contributed by atoms with Gasteiger partial charge in [-0.05, 0) is 29.8 Å². The van der Waals surface area contributed by atoms with Crippen molar-refractivity contribution in [2.75, 3.05) is 24.4 Å². The van der Waals surface area contributed by atoms with Crippen LogP contribution in [0.5, 0.6) is 0 Å². The summed E-state index contributed by atoms with van der Waals surface area (Å²) in [5, 5.41) is 2.76. The molecule has 0 aliphatic heterocycles. The highest BCUT2D eigenvalue weighted by atomic mass is 16.5. The van der Waals surface area contributed by atoms with Crippen LogP contribution in [0.15, 0.2) is 67.0 Å². The summed E-state index contributed by atoms with van der Waals surface area (Å²) in [6, 6.07) is 18.1. The van der Waals surface area contributed by atoms with Crippen LogP contribution in [0.25, 0.3) is 0 Å². The molecule has 0 saturated carbocycles. The second kappa shape index (κ2) is 8.77. The summed E-state index contributed by atoms with van der Waals surface area (Å²) < 4.78 is 4.66. The molecule has 1 heterocycles. The molecule has 1 amide bonds. The van der Waals surface area contributed by atoms with Crippen LogP contribution in [-0.4, -0.2) is 36.0 Å². The quantitative estimate of drug-likeness (QED) is 0.665. The number of nitrogens with zero attached hydrogens (tertiary/aromatic N) is 3. The van der Waals surface area contributed by atoms with Crippen molar-refractivity contribution in [1.29, 1.82) is 0 Å². The van der Waals surface area contributed by atoms with Gasteiger partial charge in [0.25, 0.3) is 5.91 Å². The van der Waals surface area contributed by atoms with Gasteiger partial charge in [-0.2, -0.15) is 0 Å². The molecule has 0 fully saturated rings. The zero-order valence-corrected chi connectivity index (χ0v) is 15.6. The van der Waals surface area contributed by atoms with Crippen LogP contribution in [0, 0.1) is 0 Å². The summed E-state index contributed by atoms with van der Waals surface area (Å²) >= 11 is 0. The van der Waals surface area contributed by atoms with Crippen LogP contribution < -0.4 is 10.2 Å². The molecule has 2 aromatic carbocycles. The van der Waals surface area contributed by atoms with E-state index in [-0.39, 0.29) is 11.6 Å². The molecule has 0 radical (unpaired) electrons. The Bertz CT molecular complexity index is 959. The minimum Gasteiger partial charge on any atom is -0.465 e. The van der Waals surface area contributed by atoms with E-state index in [9.17, 15) is 9.59 Å². The Morgan fingerprint density at radius 2 is 1.75 bits per heavy atom. The average Bonchev–Trinajstić information content (AvgIpc) is 2.74. The van der Waals surface area contributed by atoms with Crippen molar-refractivity contribution in [2.45, 2.75) is 6.54 Å². The van der Waals surface area contributed by atoms with Crippen molar-refractivity contribution in [3.63, 3.8) is 0 Å². The molecule has 0 saturated heterocycles. The van der Waals surface area contributed by atoms with Crippen LogP contribution in [-0.2, 0) is 11.3 Å². The first-order valence-corrected chi connectivity index (χ1v) is 8.63. The van der Waals surface area contributed by atoms with Gasteiger partial charge in [0, 0.05) is 25.3 Å². The number of nitrogens with one attached hydrogen (secondary N) is 1. The summed E-state index contributed by atoms with van der Waals surface area (Å²) in [4.78, 5) is 34.2. The zero-order valence-electron chi connectivity index (χ0n) is 15.6. The van der Waals surface area contributed by atoms with E-state index in [1.807, 2.05) is 42.3 Å². The first-order valence-electron chi connectivity index (χ1n) is 8.63. The molecule has 7 heteroatoms. The highest BCUT2D eigenvalue weighted by Crippen LogP contribution is 2.15. The first kappa shape index (κ1) is 19.0. The minimum atomic E-state index is -0.431. The van der Waals surface area contributed by atoms with Gasteiger partial charge in [0.2, 0.25) is 0 Å². The molecule has 1 N–H and O–H groups in total. The maximum atomic E-state index is 12.5. The van der Waals surface area contributed by atoms with Crippen molar-refractivity contribution in [1.82, 2.24) is 9.97 Å². The van der Waals surface area contributed by atoms with Gasteiger partial charge in [-0.1, -0.05) is 30.3 Å². The Balaban J connectivity index is 1.69. The lowest BCUT2D eigenvalue weighted by Crippen LogP contribution is -2.20. The van der Waals surface area contributed by atoms with Gasteiger partial charge in [0.15, 0.2) is 0 Å². The minimum absolute atomic E-state index is 0.252. The number of anilines is 2. The van der Waals surface area contributed by atoms with E-state index < -0.39 is 5.97 Å². The number of esters is 1. The number of hydrogen-bond acceptors (Lipinski definition) is 6. The largest absolute Gasteiger partial charge is 0.465 e. The van der Waals surface area contributed by atoms with Gasteiger partial charge in [-0.3, -0.25) is 4.79 Å². The van der Waals surface area contributed by atoms with Gasteiger partial charge in [0.1, 0.15) is 17.8 Å². The Morgan fingerprint density at radius 1 is 1.04 bits per heavy atom.